The van der Waals surface area contributed by atoms with Gasteiger partial charge >= 0.3 is 0 Å². The minimum Gasteiger partial charge on any atom is -0.310 e. The molecule has 4 heteroatoms. The highest BCUT2D eigenvalue weighted by Crippen LogP contribution is 2.51. The molecule has 1 heterocycles. The van der Waals surface area contributed by atoms with Gasteiger partial charge in [0.05, 0.1) is 11.0 Å². The van der Waals surface area contributed by atoms with Crippen LogP contribution in [0.3, 0.4) is 0 Å². The summed E-state index contributed by atoms with van der Waals surface area (Å²) in [4.78, 5) is 2.39. The zero-order valence-electron chi connectivity index (χ0n) is 30.5. The molecule has 0 saturated heterocycles. The van der Waals surface area contributed by atoms with E-state index in [-0.39, 0.29) is 5.41 Å². The molecular weight excluding hydrogens is 711 g/mol. The normalized spacial score (nSPS) is 12.9. The topological polar surface area (TPSA) is 8.17 Å². The summed E-state index contributed by atoms with van der Waals surface area (Å²) in [5.74, 6) is 0. The molecule has 0 atom stereocenters. The summed E-state index contributed by atoms with van der Waals surface area (Å²) in [5.41, 5.74) is 16.6. The number of rotatable bonds is 6. The first-order valence-electron chi connectivity index (χ1n) is 18.6. The average molecular weight is 748 g/mol. The maximum atomic E-state index is 6.44. The summed E-state index contributed by atoms with van der Waals surface area (Å²) >= 11 is 12.9. The molecule has 0 bridgehead atoms. The van der Waals surface area contributed by atoms with Crippen molar-refractivity contribution in [1.29, 1.82) is 0 Å². The Kier molecular flexibility index (Phi) is 7.95. The van der Waals surface area contributed by atoms with Gasteiger partial charge in [0.1, 0.15) is 0 Å². The van der Waals surface area contributed by atoms with Crippen LogP contribution in [0.2, 0.25) is 10.0 Å². The van der Waals surface area contributed by atoms with Crippen molar-refractivity contribution in [3.63, 3.8) is 0 Å². The van der Waals surface area contributed by atoms with Crippen LogP contribution in [0.5, 0.6) is 0 Å². The van der Waals surface area contributed by atoms with E-state index in [1.807, 2.05) is 24.3 Å². The molecule has 1 aromatic heterocycles. The number of anilines is 3. The maximum absolute atomic E-state index is 6.44. The molecule has 0 aliphatic heterocycles. The second kappa shape index (κ2) is 13.1. The van der Waals surface area contributed by atoms with Crippen LogP contribution < -0.4 is 4.90 Å². The Hall–Kier alpha value is -6.06. The van der Waals surface area contributed by atoms with Gasteiger partial charge in [-0.05, 0) is 129 Å². The van der Waals surface area contributed by atoms with E-state index in [1.165, 1.54) is 33.4 Å². The van der Waals surface area contributed by atoms with E-state index in [0.29, 0.717) is 10.0 Å². The van der Waals surface area contributed by atoms with E-state index >= 15 is 0 Å². The number of nitrogens with zero attached hydrogens (tertiary/aromatic N) is 2. The number of hydrogen-bond donors (Lipinski definition) is 0. The second-order valence-corrected chi connectivity index (χ2v) is 15.8. The van der Waals surface area contributed by atoms with Crippen molar-refractivity contribution in [2.45, 2.75) is 19.3 Å². The molecule has 8 aromatic carbocycles. The molecule has 55 heavy (non-hydrogen) atoms. The van der Waals surface area contributed by atoms with Gasteiger partial charge in [0.2, 0.25) is 0 Å². The van der Waals surface area contributed by atoms with E-state index in [1.54, 1.807) is 0 Å². The van der Waals surface area contributed by atoms with Crippen LogP contribution in [0, 0.1) is 0 Å². The summed E-state index contributed by atoms with van der Waals surface area (Å²) in [6.07, 6.45) is 0. The lowest BCUT2D eigenvalue weighted by atomic mass is 9.82. The predicted octanol–water partition coefficient (Wildman–Crippen LogP) is 15.2. The van der Waals surface area contributed by atoms with Crippen molar-refractivity contribution >= 4 is 62.1 Å². The summed E-state index contributed by atoms with van der Waals surface area (Å²) in [7, 11) is 0. The van der Waals surface area contributed by atoms with E-state index in [2.05, 4.69) is 181 Å². The zero-order chi connectivity index (χ0) is 37.3. The summed E-state index contributed by atoms with van der Waals surface area (Å²) in [5, 5.41) is 3.58. The second-order valence-electron chi connectivity index (χ2n) is 14.9. The quantitative estimate of drug-likeness (QED) is 0.164. The van der Waals surface area contributed by atoms with Gasteiger partial charge in [-0.15, -0.1) is 0 Å². The SMILES string of the molecule is CC1(C)c2ccccc2-c2ccc(N(c3ccc(-c4ccc(-n5c6ccc(Cl)cc6c6cc(Cl)ccc65)cc4)cc3)c3cccc(-c4ccccc4)c3)cc21. The zero-order valence-corrected chi connectivity index (χ0v) is 32.0. The molecule has 0 fully saturated rings. The average Bonchev–Trinajstić information content (AvgIpc) is 3.66. The Balaban J connectivity index is 1.04. The van der Waals surface area contributed by atoms with Gasteiger partial charge < -0.3 is 9.47 Å². The van der Waals surface area contributed by atoms with Crippen molar-refractivity contribution in [3.8, 4) is 39.1 Å². The van der Waals surface area contributed by atoms with Gasteiger partial charge in [0.15, 0.2) is 0 Å². The Bertz CT molecular complexity index is 2850. The van der Waals surface area contributed by atoms with Crippen LogP contribution >= 0.6 is 23.2 Å². The first-order valence-corrected chi connectivity index (χ1v) is 19.4. The van der Waals surface area contributed by atoms with E-state index in [4.69, 9.17) is 23.2 Å². The minimum atomic E-state index is -0.102. The molecule has 264 valence electrons. The molecule has 1 aliphatic carbocycles. The van der Waals surface area contributed by atoms with Gasteiger partial charge in [-0.1, -0.05) is 134 Å². The Morgan fingerprint density at radius 3 is 1.65 bits per heavy atom. The Morgan fingerprint density at radius 2 is 0.964 bits per heavy atom. The monoisotopic (exact) mass is 746 g/mol. The third-order valence-corrected chi connectivity index (χ3v) is 11.8. The van der Waals surface area contributed by atoms with Crippen molar-refractivity contribution < 1.29 is 0 Å². The molecule has 1 aliphatic rings. The van der Waals surface area contributed by atoms with Crippen LogP contribution in [0.25, 0.3) is 60.9 Å². The fourth-order valence-electron chi connectivity index (χ4n) is 8.59. The third-order valence-electron chi connectivity index (χ3n) is 11.3. The Labute approximate surface area is 331 Å². The van der Waals surface area contributed by atoms with Crippen LogP contribution in [0.15, 0.2) is 182 Å². The number of benzene rings is 8. The third kappa shape index (κ3) is 5.64. The summed E-state index contributed by atoms with van der Waals surface area (Å²) in [6, 6.07) is 65.1. The Morgan fingerprint density at radius 1 is 0.418 bits per heavy atom. The van der Waals surface area contributed by atoms with Crippen molar-refractivity contribution in [2.75, 3.05) is 4.90 Å². The van der Waals surface area contributed by atoms with Crippen molar-refractivity contribution in [2.24, 2.45) is 0 Å². The van der Waals surface area contributed by atoms with Crippen LogP contribution in [0.1, 0.15) is 25.0 Å². The van der Waals surface area contributed by atoms with Gasteiger partial charge in [0, 0.05) is 49.0 Å². The van der Waals surface area contributed by atoms with Gasteiger partial charge in [-0.25, -0.2) is 0 Å². The maximum Gasteiger partial charge on any atom is 0.0542 e. The number of fused-ring (bicyclic) bond motifs is 6. The van der Waals surface area contributed by atoms with Crippen molar-refractivity contribution in [1.82, 2.24) is 4.57 Å². The van der Waals surface area contributed by atoms with Gasteiger partial charge in [-0.3, -0.25) is 0 Å². The highest BCUT2D eigenvalue weighted by atomic mass is 35.5. The van der Waals surface area contributed by atoms with E-state index in [9.17, 15) is 0 Å². The number of hydrogen-bond acceptors (Lipinski definition) is 1. The summed E-state index contributed by atoms with van der Waals surface area (Å²) in [6.45, 7) is 4.68. The number of aromatic nitrogens is 1. The molecule has 0 amide bonds. The fraction of sp³-hybridized carbons (Fsp3) is 0.0588. The van der Waals surface area contributed by atoms with Gasteiger partial charge in [0.25, 0.3) is 0 Å². The van der Waals surface area contributed by atoms with Crippen molar-refractivity contribution in [3.05, 3.63) is 203 Å². The largest absolute Gasteiger partial charge is 0.310 e. The number of halogens is 2. The smallest absolute Gasteiger partial charge is 0.0542 e. The molecule has 2 nitrogen and oxygen atoms in total. The highest BCUT2D eigenvalue weighted by Gasteiger charge is 2.35. The molecule has 9 aromatic rings. The van der Waals surface area contributed by atoms with E-state index in [0.717, 1.165) is 55.7 Å². The van der Waals surface area contributed by atoms with Crippen LogP contribution in [0.4, 0.5) is 17.1 Å². The van der Waals surface area contributed by atoms with E-state index < -0.39 is 0 Å². The molecule has 0 radical (unpaired) electrons. The minimum absolute atomic E-state index is 0.102. The highest BCUT2D eigenvalue weighted by molar-refractivity contribution is 6.33. The lowest BCUT2D eigenvalue weighted by Crippen LogP contribution is -2.16. The standard InChI is InChI=1S/C51H36Cl2N2/c1-51(2)47-14-7-6-13-43(47)44-26-25-42(32-48(44)51)54(41-12-8-11-36(29-41)33-9-4-3-5-10-33)39-21-15-34(16-22-39)35-17-23-40(24-18-35)55-49-27-19-37(52)30-45(49)46-31-38(53)20-28-50(46)55/h3-32H,1-2H3. The molecule has 0 saturated carbocycles. The van der Waals surface area contributed by atoms with Crippen LogP contribution in [-0.4, -0.2) is 4.57 Å². The molecular formula is C51H36Cl2N2. The lowest BCUT2D eigenvalue weighted by molar-refractivity contribution is 0.660. The molecule has 0 spiro atoms. The summed E-state index contributed by atoms with van der Waals surface area (Å²) < 4.78 is 2.28. The van der Waals surface area contributed by atoms with Gasteiger partial charge in [-0.2, -0.15) is 0 Å². The molecule has 0 N–H and O–H groups in total. The van der Waals surface area contributed by atoms with Crippen LogP contribution in [-0.2, 0) is 5.41 Å². The predicted molar refractivity (Wildman–Crippen MR) is 234 cm³/mol. The molecule has 10 rings (SSSR count). The first kappa shape index (κ1) is 33.5. The molecule has 0 unspecified atom stereocenters. The first-order chi connectivity index (χ1) is 26.8. The lowest BCUT2D eigenvalue weighted by Gasteiger charge is -2.28. The fourth-order valence-corrected chi connectivity index (χ4v) is 8.93.